The molecule has 0 aliphatic carbocycles. The molecular weight excluding hydrogens is 248 g/mol. The van der Waals surface area contributed by atoms with Gasteiger partial charge in [-0.3, -0.25) is 15.1 Å². The summed E-state index contributed by atoms with van der Waals surface area (Å²) in [7, 11) is 0. The maximum absolute atomic E-state index is 11.0. The maximum atomic E-state index is 11.0. The summed E-state index contributed by atoms with van der Waals surface area (Å²) >= 11 is 0. The molecule has 0 aliphatic rings. The van der Waals surface area contributed by atoms with E-state index in [2.05, 4.69) is 4.98 Å². The van der Waals surface area contributed by atoms with E-state index in [1.165, 1.54) is 12.1 Å². The lowest BCUT2D eigenvalue weighted by Crippen LogP contribution is -2.02. The first-order chi connectivity index (χ1) is 9.08. The molecule has 0 amide bonds. The zero-order chi connectivity index (χ0) is 13.8. The highest BCUT2D eigenvalue weighted by molar-refractivity contribution is 5.88. The Morgan fingerprint density at radius 2 is 2.11 bits per heavy atom. The van der Waals surface area contributed by atoms with Crippen LogP contribution in [0.1, 0.15) is 21.6 Å². The molecule has 1 aromatic carbocycles. The Bertz CT molecular complexity index is 626. The van der Waals surface area contributed by atoms with Crippen LogP contribution in [-0.4, -0.2) is 21.0 Å². The van der Waals surface area contributed by atoms with Crippen LogP contribution < -0.4 is 0 Å². The molecule has 96 valence electrons. The fourth-order valence-electron chi connectivity index (χ4n) is 1.71. The Morgan fingerprint density at radius 1 is 1.32 bits per heavy atom. The van der Waals surface area contributed by atoms with E-state index in [4.69, 9.17) is 5.11 Å². The molecule has 0 bridgehead atoms. The van der Waals surface area contributed by atoms with Crippen molar-refractivity contribution in [2.75, 3.05) is 0 Å². The average Bonchev–Trinajstić information content (AvgIpc) is 2.39. The zero-order valence-corrected chi connectivity index (χ0v) is 9.81. The van der Waals surface area contributed by atoms with E-state index >= 15 is 0 Å². The molecule has 0 radical (unpaired) electrons. The molecule has 6 nitrogen and oxygen atoms in total. The zero-order valence-electron chi connectivity index (χ0n) is 9.81. The summed E-state index contributed by atoms with van der Waals surface area (Å²) < 4.78 is 0. The van der Waals surface area contributed by atoms with Gasteiger partial charge < -0.3 is 5.11 Å². The fourth-order valence-corrected chi connectivity index (χ4v) is 1.71. The van der Waals surface area contributed by atoms with E-state index in [0.29, 0.717) is 11.3 Å². The van der Waals surface area contributed by atoms with Gasteiger partial charge in [-0.2, -0.15) is 0 Å². The quantitative estimate of drug-likeness (QED) is 0.670. The largest absolute Gasteiger partial charge is 0.478 e. The van der Waals surface area contributed by atoms with Crippen LogP contribution in [0.4, 0.5) is 5.69 Å². The van der Waals surface area contributed by atoms with Crippen molar-refractivity contribution in [1.29, 1.82) is 0 Å². The number of nitrogens with zero attached hydrogens (tertiary/aromatic N) is 2. The van der Waals surface area contributed by atoms with Crippen LogP contribution in [-0.2, 0) is 6.42 Å². The minimum atomic E-state index is -1.19. The number of carboxylic acids is 1. The van der Waals surface area contributed by atoms with E-state index in [1.807, 2.05) is 0 Å². The molecule has 1 aromatic heterocycles. The van der Waals surface area contributed by atoms with Gasteiger partial charge in [-0.1, -0.05) is 12.1 Å². The molecule has 0 aliphatic heterocycles. The van der Waals surface area contributed by atoms with Crippen molar-refractivity contribution in [3.05, 3.63) is 69.5 Å². The molecule has 0 unspecified atom stereocenters. The summed E-state index contributed by atoms with van der Waals surface area (Å²) in [6, 6.07) is 9.19. The molecule has 19 heavy (non-hydrogen) atoms. The van der Waals surface area contributed by atoms with Gasteiger partial charge in [0, 0.05) is 29.9 Å². The predicted molar refractivity (Wildman–Crippen MR) is 67.1 cm³/mol. The van der Waals surface area contributed by atoms with Crippen LogP contribution in [0.2, 0.25) is 0 Å². The van der Waals surface area contributed by atoms with Crippen LogP contribution in [0.3, 0.4) is 0 Å². The van der Waals surface area contributed by atoms with Gasteiger partial charge in [0.2, 0.25) is 0 Å². The van der Waals surface area contributed by atoms with Crippen molar-refractivity contribution < 1.29 is 14.8 Å². The highest BCUT2D eigenvalue weighted by Gasteiger charge is 2.17. The molecule has 0 fully saturated rings. The number of rotatable bonds is 4. The summed E-state index contributed by atoms with van der Waals surface area (Å²) in [6.45, 7) is 0. The Morgan fingerprint density at radius 3 is 2.68 bits per heavy atom. The minimum Gasteiger partial charge on any atom is -0.478 e. The van der Waals surface area contributed by atoms with Gasteiger partial charge in [0.1, 0.15) is 0 Å². The topological polar surface area (TPSA) is 93.3 Å². The number of aromatic nitrogens is 1. The lowest BCUT2D eigenvalue weighted by Gasteiger charge is -2.03. The molecule has 2 aromatic rings. The third kappa shape index (κ3) is 2.92. The normalized spacial score (nSPS) is 10.1. The molecule has 0 saturated carbocycles. The van der Waals surface area contributed by atoms with E-state index < -0.39 is 10.9 Å². The summed E-state index contributed by atoms with van der Waals surface area (Å²) in [5.41, 5.74) is 0.824. The number of hydrogen-bond donors (Lipinski definition) is 1. The molecule has 0 spiro atoms. The number of hydrogen-bond acceptors (Lipinski definition) is 4. The Hall–Kier alpha value is -2.76. The molecule has 0 atom stereocenters. The Balaban J connectivity index is 2.40. The first kappa shape index (κ1) is 12.7. The van der Waals surface area contributed by atoms with Gasteiger partial charge in [0.25, 0.3) is 5.69 Å². The smallest absolute Gasteiger partial charge is 0.335 e. The van der Waals surface area contributed by atoms with Crippen molar-refractivity contribution in [2.24, 2.45) is 0 Å². The van der Waals surface area contributed by atoms with Crippen LogP contribution in [0.25, 0.3) is 0 Å². The number of pyridine rings is 1. The number of carbonyl (C=O) groups is 1. The second-order valence-electron chi connectivity index (χ2n) is 3.90. The molecular formula is C13H10N2O4. The highest BCUT2D eigenvalue weighted by atomic mass is 16.6. The monoisotopic (exact) mass is 258 g/mol. The summed E-state index contributed by atoms with van der Waals surface area (Å²) in [6.07, 6.45) is 1.89. The van der Waals surface area contributed by atoms with Crippen molar-refractivity contribution in [3.8, 4) is 0 Å². The van der Waals surface area contributed by atoms with Crippen molar-refractivity contribution in [3.63, 3.8) is 0 Å². The van der Waals surface area contributed by atoms with Crippen LogP contribution >= 0.6 is 0 Å². The highest BCUT2D eigenvalue weighted by Crippen LogP contribution is 2.22. The SMILES string of the molecule is O=C(O)c1ccc(Cc2ccccn2)c([N+](=O)[O-])c1. The lowest BCUT2D eigenvalue weighted by molar-refractivity contribution is -0.385. The summed E-state index contributed by atoms with van der Waals surface area (Å²) in [5.74, 6) is -1.19. The van der Waals surface area contributed by atoms with E-state index in [-0.39, 0.29) is 17.7 Å². The number of aromatic carboxylic acids is 1. The minimum absolute atomic E-state index is 0.100. The van der Waals surface area contributed by atoms with Gasteiger partial charge in [0.15, 0.2) is 0 Å². The van der Waals surface area contributed by atoms with Crippen LogP contribution in [0, 0.1) is 10.1 Å². The van der Waals surface area contributed by atoms with Crippen molar-refractivity contribution in [2.45, 2.75) is 6.42 Å². The number of nitro benzene ring substituents is 1. The summed E-state index contributed by atoms with van der Waals surface area (Å²) in [4.78, 5) is 25.3. The van der Waals surface area contributed by atoms with E-state index in [1.54, 1.807) is 24.4 Å². The standard InChI is InChI=1S/C13H10N2O4/c16-13(17)10-5-4-9(12(8-10)15(18)19)7-11-3-1-2-6-14-11/h1-6,8H,7H2,(H,16,17). The first-order valence-corrected chi connectivity index (χ1v) is 5.48. The number of benzene rings is 1. The molecule has 1 heterocycles. The predicted octanol–water partition coefficient (Wildman–Crippen LogP) is 2.28. The third-order valence-electron chi connectivity index (χ3n) is 2.63. The maximum Gasteiger partial charge on any atom is 0.335 e. The van der Waals surface area contributed by atoms with Gasteiger partial charge in [-0.25, -0.2) is 4.79 Å². The van der Waals surface area contributed by atoms with Gasteiger partial charge in [0.05, 0.1) is 10.5 Å². The van der Waals surface area contributed by atoms with Crippen molar-refractivity contribution >= 4 is 11.7 Å². The number of nitro groups is 1. The molecule has 6 heteroatoms. The first-order valence-electron chi connectivity index (χ1n) is 5.48. The van der Waals surface area contributed by atoms with Gasteiger partial charge in [-0.15, -0.1) is 0 Å². The van der Waals surface area contributed by atoms with Gasteiger partial charge in [-0.05, 0) is 18.2 Å². The number of carboxylic acid groups (broad SMARTS) is 1. The fraction of sp³-hybridized carbons (Fsp3) is 0.0769. The third-order valence-corrected chi connectivity index (χ3v) is 2.63. The van der Waals surface area contributed by atoms with E-state index in [9.17, 15) is 14.9 Å². The molecule has 2 rings (SSSR count). The Labute approximate surface area is 108 Å². The average molecular weight is 258 g/mol. The molecule has 1 N–H and O–H groups in total. The molecule has 0 saturated heterocycles. The van der Waals surface area contributed by atoms with Gasteiger partial charge >= 0.3 is 5.97 Å². The second kappa shape index (κ2) is 5.26. The van der Waals surface area contributed by atoms with E-state index in [0.717, 1.165) is 6.07 Å². The van der Waals surface area contributed by atoms with Crippen molar-refractivity contribution in [1.82, 2.24) is 4.98 Å². The summed E-state index contributed by atoms with van der Waals surface area (Å²) in [5, 5.41) is 19.8. The lowest BCUT2D eigenvalue weighted by atomic mass is 10.0. The van der Waals surface area contributed by atoms with Crippen LogP contribution in [0.5, 0.6) is 0 Å². The Kier molecular flexibility index (Phi) is 3.51. The van der Waals surface area contributed by atoms with Crippen LogP contribution in [0.15, 0.2) is 42.6 Å². The second-order valence-corrected chi connectivity index (χ2v) is 3.90.